The van der Waals surface area contributed by atoms with Gasteiger partial charge in [0, 0.05) is 13.1 Å². The summed E-state index contributed by atoms with van der Waals surface area (Å²) < 4.78 is 50.0. The van der Waals surface area contributed by atoms with Gasteiger partial charge in [-0.15, -0.1) is 0 Å². The van der Waals surface area contributed by atoms with Gasteiger partial charge in [-0.05, 0) is 39.8 Å². The summed E-state index contributed by atoms with van der Waals surface area (Å²) in [7, 11) is -2.78. The fraction of sp³-hybridized carbons (Fsp3) is 0.500. The number of fused-ring (bicyclic) bond motifs is 1. The molecule has 14 nitrogen and oxygen atoms in total. The minimum absolute atomic E-state index is 0.0853. The molecule has 40 heavy (non-hydrogen) atoms. The molecule has 0 amide bonds. The SMILES string of the molecule is CNc1nc(N)nc2c1ncn2[C@@H]1O[C@H](CO[P@](=O)(Oc2ccccc2)N(C(C)C)C(C)C(=O)O)[C@@H](O)[C@@]1(C)F. The normalized spacial score (nSPS) is 25.3. The fourth-order valence-electron chi connectivity index (χ4n) is 4.61. The molecular weight excluding hydrogens is 548 g/mol. The van der Waals surface area contributed by atoms with Crippen LogP contribution in [-0.2, 0) is 18.6 Å². The van der Waals surface area contributed by atoms with Gasteiger partial charge in [-0.2, -0.15) is 14.6 Å². The monoisotopic (exact) mass is 581 g/mol. The first-order valence-electron chi connectivity index (χ1n) is 12.5. The Hall–Kier alpha value is -3.36. The number of imidazole rings is 1. The number of carboxylic acid groups (broad SMARTS) is 1. The number of aromatic nitrogens is 4. The van der Waals surface area contributed by atoms with Gasteiger partial charge in [-0.1, -0.05) is 18.2 Å². The molecule has 6 atom stereocenters. The van der Waals surface area contributed by atoms with Gasteiger partial charge in [0.05, 0.1) is 12.9 Å². The van der Waals surface area contributed by atoms with E-state index in [1.54, 1.807) is 39.1 Å². The number of aliphatic hydroxyl groups excluding tert-OH is 1. The van der Waals surface area contributed by atoms with Crippen LogP contribution in [0.2, 0.25) is 0 Å². The lowest BCUT2D eigenvalue weighted by Crippen LogP contribution is -2.44. The molecular formula is C24H33FN7O7P. The number of hydrogen-bond donors (Lipinski definition) is 4. The Morgan fingerprint density at radius 2 is 2.00 bits per heavy atom. The number of halogens is 1. The Balaban J connectivity index is 1.65. The van der Waals surface area contributed by atoms with Gasteiger partial charge in [0.15, 0.2) is 28.9 Å². The van der Waals surface area contributed by atoms with Crippen molar-refractivity contribution < 1.29 is 37.7 Å². The second-order valence-corrected chi connectivity index (χ2v) is 11.6. The zero-order chi connectivity index (χ0) is 29.4. The predicted molar refractivity (Wildman–Crippen MR) is 143 cm³/mol. The van der Waals surface area contributed by atoms with Gasteiger partial charge < -0.3 is 30.5 Å². The smallest absolute Gasteiger partial charge is 0.462 e. The molecule has 1 saturated heterocycles. The molecule has 5 N–H and O–H groups in total. The van der Waals surface area contributed by atoms with Crippen LogP contribution >= 0.6 is 7.75 Å². The van der Waals surface area contributed by atoms with Gasteiger partial charge in [-0.25, -0.2) is 13.9 Å². The second-order valence-electron chi connectivity index (χ2n) is 9.78. The standard InChI is InChI=1S/C24H33FN7O7P/c1-13(2)32(14(3)21(34)35)40(36,39-15-9-7-6-8-10-15)37-11-16-18(33)24(4,25)22(38-16)31-12-28-17-19(27-5)29-23(26)30-20(17)31/h6-10,12-14,16,18,22,33H,11H2,1-5H3,(H,34,35)(H3,26,27,29,30)/t14?,16-,18-,22-,24-,40+/m1/s1. The molecule has 1 aliphatic heterocycles. The molecule has 1 fully saturated rings. The molecule has 16 heteroatoms. The number of carbonyl (C=O) groups is 1. The Labute approximate surface area is 229 Å². The minimum atomic E-state index is -4.40. The van der Waals surface area contributed by atoms with Crippen LogP contribution in [-0.4, -0.2) is 84.0 Å². The highest BCUT2D eigenvalue weighted by atomic mass is 31.2. The van der Waals surface area contributed by atoms with Crippen LogP contribution in [0.3, 0.4) is 0 Å². The summed E-state index contributed by atoms with van der Waals surface area (Å²) in [5.74, 6) is -0.854. The number of aliphatic hydroxyl groups is 1. The van der Waals surface area contributed by atoms with Crippen LogP contribution in [0, 0.1) is 0 Å². The van der Waals surface area contributed by atoms with Crippen molar-refractivity contribution in [3.05, 3.63) is 36.7 Å². The topological polar surface area (TPSA) is 187 Å². The lowest BCUT2D eigenvalue weighted by molar-refractivity contribution is -0.141. The molecule has 218 valence electrons. The number of alkyl halides is 1. The number of nitrogen functional groups attached to an aromatic ring is 1. The van der Waals surface area contributed by atoms with E-state index in [1.807, 2.05) is 0 Å². The van der Waals surface area contributed by atoms with Crippen molar-refractivity contribution in [3.63, 3.8) is 0 Å². The van der Waals surface area contributed by atoms with Crippen LogP contribution in [0.1, 0.15) is 33.9 Å². The van der Waals surface area contributed by atoms with E-state index in [1.165, 1.54) is 30.0 Å². The quantitative estimate of drug-likeness (QED) is 0.242. The number of benzene rings is 1. The number of para-hydroxylation sites is 1. The van der Waals surface area contributed by atoms with Crippen molar-refractivity contribution in [2.45, 2.75) is 63.9 Å². The van der Waals surface area contributed by atoms with Gasteiger partial charge in [0.1, 0.15) is 24.0 Å². The fourth-order valence-corrected chi connectivity index (χ4v) is 6.70. The third kappa shape index (κ3) is 5.47. The van der Waals surface area contributed by atoms with Gasteiger partial charge in [0.2, 0.25) is 5.95 Å². The van der Waals surface area contributed by atoms with Crippen molar-refractivity contribution in [2.75, 3.05) is 24.7 Å². The first-order valence-corrected chi connectivity index (χ1v) is 14.0. The highest BCUT2D eigenvalue weighted by molar-refractivity contribution is 7.51. The summed E-state index contributed by atoms with van der Waals surface area (Å²) in [6, 6.07) is 6.22. The molecule has 4 rings (SSSR count). The summed E-state index contributed by atoms with van der Waals surface area (Å²) in [6.07, 6.45) is -3.21. The zero-order valence-corrected chi connectivity index (χ0v) is 23.5. The van der Waals surface area contributed by atoms with Crippen molar-refractivity contribution in [2.24, 2.45) is 0 Å². The van der Waals surface area contributed by atoms with Crippen molar-refractivity contribution >= 4 is 36.6 Å². The van der Waals surface area contributed by atoms with Gasteiger partial charge in [-0.3, -0.25) is 13.9 Å². The summed E-state index contributed by atoms with van der Waals surface area (Å²) in [5, 5.41) is 23.5. The van der Waals surface area contributed by atoms with Crippen molar-refractivity contribution in [3.8, 4) is 5.75 Å². The Bertz CT molecular complexity index is 1410. The first kappa shape index (κ1) is 29.6. The largest absolute Gasteiger partial charge is 0.480 e. The highest BCUT2D eigenvalue weighted by Gasteiger charge is 2.56. The average Bonchev–Trinajstić information content (AvgIpc) is 3.40. The molecule has 1 aliphatic rings. The molecule has 3 aromatic rings. The van der Waals surface area contributed by atoms with E-state index in [0.717, 1.165) is 11.6 Å². The molecule has 1 aromatic carbocycles. The molecule has 0 saturated carbocycles. The molecule has 0 bridgehead atoms. The summed E-state index contributed by atoms with van der Waals surface area (Å²) in [6.45, 7) is 5.17. The molecule has 0 radical (unpaired) electrons. The van der Waals surface area contributed by atoms with Crippen molar-refractivity contribution in [1.82, 2.24) is 24.2 Å². The van der Waals surface area contributed by atoms with E-state index < -0.39 is 56.5 Å². The third-order valence-corrected chi connectivity index (χ3v) is 8.87. The lowest BCUT2D eigenvalue weighted by atomic mass is 9.98. The van der Waals surface area contributed by atoms with Gasteiger partial charge >= 0.3 is 13.7 Å². The number of nitrogens with two attached hydrogens (primary N) is 1. The number of carboxylic acids is 1. The molecule has 1 unspecified atom stereocenters. The Kier molecular flexibility index (Phi) is 8.33. The van der Waals surface area contributed by atoms with E-state index in [9.17, 15) is 19.6 Å². The molecule has 0 aliphatic carbocycles. The van der Waals surface area contributed by atoms with E-state index in [0.29, 0.717) is 11.3 Å². The number of anilines is 2. The van der Waals surface area contributed by atoms with Crippen LogP contribution in [0.25, 0.3) is 11.2 Å². The number of nitrogens with zero attached hydrogens (tertiary/aromatic N) is 5. The van der Waals surface area contributed by atoms with Crippen LogP contribution in [0.4, 0.5) is 16.2 Å². The first-order chi connectivity index (χ1) is 18.8. The molecule has 0 spiro atoms. The third-order valence-electron chi connectivity index (χ3n) is 6.58. The second kappa shape index (κ2) is 11.3. The molecule has 3 heterocycles. The van der Waals surface area contributed by atoms with E-state index in [4.69, 9.17) is 19.5 Å². The lowest BCUT2D eigenvalue weighted by Gasteiger charge is -2.35. The number of rotatable bonds is 11. The van der Waals surface area contributed by atoms with Crippen LogP contribution in [0.5, 0.6) is 5.75 Å². The minimum Gasteiger partial charge on any atom is -0.480 e. The van der Waals surface area contributed by atoms with E-state index in [-0.39, 0.29) is 17.3 Å². The number of nitrogens with one attached hydrogen (secondary N) is 1. The Morgan fingerprint density at radius 1 is 1.32 bits per heavy atom. The van der Waals surface area contributed by atoms with Crippen LogP contribution < -0.4 is 15.6 Å². The maximum atomic E-state index is 16.0. The summed E-state index contributed by atoms with van der Waals surface area (Å²) in [4.78, 5) is 24.3. The van der Waals surface area contributed by atoms with E-state index >= 15 is 4.39 Å². The maximum Gasteiger partial charge on any atom is 0.462 e. The summed E-state index contributed by atoms with van der Waals surface area (Å²) in [5.41, 5.74) is 3.90. The van der Waals surface area contributed by atoms with Gasteiger partial charge in [0.25, 0.3) is 0 Å². The maximum absolute atomic E-state index is 16.0. The highest BCUT2D eigenvalue weighted by Crippen LogP contribution is 2.55. The number of aliphatic carboxylic acids is 1. The Morgan fingerprint density at radius 3 is 2.60 bits per heavy atom. The number of ether oxygens (including phenoxy) is 1. The zero-order valence-electron chi connectivity index (χ0n) is 22.6. The van der Waals surface area contributed by atoms with Crippen molar-refractivity contribution in [1.29, 1.82) is 0 Å². The molecule has 2 aromatic heterocycles. The predicted octanol–water partition coefficient (Wildman–Crippen LogP) is 2.82. The average molecular weight is 582 g/mol. The van der Waals surface area contributed by atoms with Crippen LogP contribution in [0.15, 0.2) is 36.7 Å². The number of hydrogen-bond acceptors (Lipinski definition) is 11. The van der Waals surface area contributed by atoms with E-state index in [2.05, 4.69) is 20.3 Å². The summed E-state index contributed by atoms with van der Waals surface area (Å²) >= 11 is 0.